The molecule has 0 saturated heterocycles. The van der Waals surface area contributed by atoms with E-state index in [0.717, 1.165) is 32.1 Å². The minimum Gasteiger partial charge on any atom is -0.316 e. The molecule has 0 spiro atoms. The molecule has 0 fully saturated rings. The Morgan fingerprint density at radius 2 is 1.82 bits per heavy atom. The van der Waals surface area contributed by atoms with Gasteiger partial charge < -0.3 is 4.57 Å². The van der Waals surface area contributed by atoms with Gasteiger partial charge in [-0.05, 0) is 61.0 Å². The maximum Gasteiger partial charge on any atom is 0.0674 e. The van der Waals surface area contributed by atoms with Gasteiger partial charge in [-0.25, -0.2) is 0 Å². The van der Waals surface area contributed by atoms with E-state index in [2.05, 4.69) is 37.6 Å². The molecule has 0 aliphatic heterocycles. The summed E-state index contributed by atoms with van der Waals surface area (Å²) in [4.78, 5) is 4.57. The van der Waals surface area contributed by atoms with Crippen molar-refractivity contribution in [2.45, 2.75) is 6.92 Å². The molecule has 0 radical (unpaired) electrons. The van der Waals surface area contributed by atoms with Crippen molar-refractivity contribution in [1.29, 1.82) is 0 Å². The highest BCUT2D eigenvalue weighted by molar-refractivity contribution is 9.10. The molecule has 0 atom stereocenters. The average Bonchev–Trinajstić information content (AvgIpc) is 2.98. The van der Waals surface area contributed by atoms with E-state index < -0.39 is 0 Å². The lowest BCUT2D eigenvalue weighted by atomic mass is 10.2. The number of aromatic nitrogens is 1. The van der Waals surface area contributed by atoms with Gasteiger partial charge in [0.2, 0.25) is 0 Å². The van der Waals surface area contributed by atoms with Crippen LogP contribution in [-0.2, 0) is 0 Å². The predicted octanol–water partition coefficient (Wildman–Crippen LogP) is 5.95. The molecule has 4 heteroatoms. The number of hydrogen-bond donors (Lipinski definition) is 0. The summed E-state index contributed by atoms with van der Waals surface area (Å²) in [5.74, 6) is 0. The molecule has 22 heavy (non-hydrogen) atoms. The van der Waals surface area contributed by atoms with Gasteiger partial charge >= 0.3 is 0 Å². The third-order valence-corrected chi connectivity index (χ3v) is 4.40. The lowest BCUT2D eigenvalue weighted by Crippen LogP contribution is -1.97. The Hall–Kier alpha value is -1.84. The number of aliphatic imine (C=N–C) groups is 1. The maximum absolute atomic E-state index is 6.13. The van der Waals surface area contributed by atoms with Gasteiger partial charge in [-0.3, -0.25) is 4.99 Å². The predicted molar refractivity (Wildman–Crippen MR) is 96.9 cm³/mol. The molecule has 1 heterocycles. The van der Waals surface area contributed by atoms with Crippen molar-refractivity contribution in [3.8, 4) is 5.69 Å². The lowest BCUT2D eigenvalue weighted by molar-refractivity contribution is 1.07. The van der Waals surface area contributed by atoms with Crippen molar-refractivity contribution in [2.75, 3.05) is 0 Å². The highest BCUT2D eigenvalue weighted by Gasteiger charge is 2.03. The summed E-state index contributed by atoms with van der Waals surface area (Å²) in [7, 11) is 0. The Morgan fingerprint density at radius 3 is 2.59 bits per heavy atom. The van der Waals surface area contributed by atoms with Crippen LogP contribution >= 0.6 is 27.5 Å². The van der Waals surface area contributed by atoms with Crippen LogP contribution < -0.4 is 0 Å². The van der Waals surface area contributed by atoms with E-state index in [1.165, 1.54) is 0 Å². The van der Waals surface area contributed by atoms with Gasteiger partial charge in [0, 0.05) is 21.4 Å². The Balaban J connectivity index is 1.94. The van der Waals surface area contributed by atoms with Gasteiger partial charge in [0.05, 0.1) is 17.6 Å². The Morgan fingerprint density at radius 1 is 1.05 bits per heavy atom. The van der Waals surface area contributed by atoms with Crippen LogP contribution in [0, 0.1) is 6.92 Å². The van der Waals surface area contributed by atoms with Gasteiger partial charge in [0.15, 0.2) is 0 Å². The minimum absolute atomic E-state index is 0.734. The second kappa shape index (κ2) is 6.51. The standard InChI is InChI=1S/C18H14BrClN2/c1-13-17(20)5-2-6-18(13)21-12-16-4-3-11-22(16)15-9-7-14(19)8-10-15/h2-12H,1H3. The summed E-state index contributed by atoms with van der Waals surface area (Å²) in [5.41, 5.74) is 3.98. The third kappa shape index (κ3) is 3.16. The summed E-state index contributed by atoms with van der Waals surface area (Å²) >= 11 is 9.59. The quantitative estimate of drug-likeness (QED) is 0.505. The average molecular weight is 374 g/mol. The SMILES string of the molecule is Cc1c(Cl)cccc1N=Cc1cccn1-c1ccc(Br)cc1. The molecule has 0 saturated carbocycles. The largest absolute Gasteiger partial charge is 0.316 e. The van der Waals surface area contributed by atoms with Crippen molar-refractivity contribution in [2.24, 2.45) is 4.99 Å². The molecule has 0 aliphatic rings. The first-order chi connectivity index (χ1) is 10.6. The van der Waals surface area contributed by atoms with E-state index in [9.17, 15) is 0 Å². The molecule has 2 aromatic carbocycles. The molecular weight excluding hydrogens is 360 g/mol. The van der Waals surface area contributed by atoms with Crippen molar-refractivity contribution in [1.82, 2.24) is 4.57 Å². The molecule has 1 aromatic heterocycles. The molecule has 2 nitrogen and oxygen atoms in total. The molecule has 3 aromatic rings. The monoisotopic (exact) mass is 372 g/mol. The maximum atomic E-state index is 6.13. The summed E-state index contributed by atoms with van der Waals surface area (Å²) in [6.45, 7) is 1.97. The van der Waals surface area contributed by atoms with Gasteiger partial charge in [0.25, 0.3) is 0 Å². The smallest absolute Gasteiger partial charge is 0.0674 e. The van der Waals surface area contributed by atoms with Crippen LogP contribution in [0.3, 0.4) is 0 Å². The molecule has 110 valence electrons. The lowest BCUT2D eigenvalue weighted by Gasteiger charge is -2.07. The fraction of sp³-hybridized carbons (Fsp3) is 0.0556. The zero-order valence-corrected chi connectivity index (χ0v) is 14.3. The molecule has 3 rings (SSSR count). The second-order valence-corrected chi connectivity index (χ2v) is 6.24. The van der Waals surface area contributed by atoms with Crippen LogP contribution in [-0.4, -0.2) is 10.8 Å². The van der Waals surface area contributed by atoms with Crippen molar-refractivity contribution in [3.63, 3.8) is 0 Å². The fourth-order valence-corrected chi connectivity index (χ4v) is 2.64. The summed E-state index contributed by atoms with van der Waals surface area (Å²) < 4.78 is 3.16. The van der Waals surface area contributed by atoms with Crippen LogP contribution in [0.1, 0.15) is 11.3 Å². The Bertz CT molecular complexity index is 819. The van der Waals surface area contributed by atoms with Crippen molar-refractivity contribution in [3.05, 3.63) is 81.5 Å². The highest BCUT2D eigenvalue weighted by Crippen LogP contribution is 2.25. The Labute approximate surface area is 143 Å². The Kier molecular flexibility index (Phi) is 4.46. The van der Waals surface area contributed by atoms with E-state index in [0.29, 0.717) is 0 Å². The topological polar surface area (TPSA) is 17.3 Å². The van der Waals surface area contributed by atoms with Crippen LogP contribution in [0.15, 0.2) is 70.3 Å². The zero-order valence-electron chi connectivity index (χ0n) is 12.0. The molecule has 0 bridgehead atoms. The summed E-state index contributed by atoms with van der Waals surface area (Å²) in [6, 6.07) is 18.0. The third-order valence-electron chi connectivity index (χ3n) is 3.46. The normalized spacial score (nSPS) is 11.2. The second-order valence-electron chi connectivity index (χ2n) is 4.92. The number of nitrogens with zero attached hydrogens (tertiary/aromatic N) is 2. The van der Waals surface area contributed by atoms with Crippen molar-refractivity contribution < 1.29 is 0 Å². The van der Waals surface area contributed by atoms with Gasteiger partial charge in [-0.1, -0.05) is 33.6 Å². The van der Waals surface area contributed by atoms with Gasteiger partial charge in [0.1, 0.15) is 0 Å². The number of hydrogen-bond acceptors (Lipinski definition) is 1. The molecule has 0 N–H and O–H groups in total. The molecule has 0 amide bonds. The highest BCUT2D eigenvalue weighted by atomic mass is 79.9. The number of benzene rings is 2. The zero-order chi connectivity index (χ0) is 15.5. The minimum atomic E-state index is 0.734. The van der Waals surface area contributed by atoms with E-state index in [1.807, 2.05) is 61.8 Å². The van der Waals surface area contributed by atoms with Crippen LogP contribution in [0.2, 0.25) is 5.02 Å². The van der Waals surface area contributed by atoms with Gasteiger partial charge in [-0.15, -0.1) is 0 Å². The van der Waals surface area contributed by atoms with E-state index in [-0.39, 0.29) is 0 Å². The van der Waals surface area contributed by atoms with Crippen molar-refractivity contribution >= 4 is 39.4 Å². The molecular formula is C18H14BrClN2. The first kappa shape index (κ1) is 15.1. The first-order valence-corrected chi connectivity index (χ1v) is 8.05. The fourth-order valence-electron chi connectivity index (χ4n) is 2.21. The summed E-state index contributed by atoms with van der Waals surface area (Å²) in [6.07, 6.45) is 3.89. The summed E-state index contributed by atoms with van der Waals surface area (Å²) in [5, 5.41) is 0.734. The number of rotatable bonds is 3. The first-order valence-electron chi connectivity index (χ1n) is 6.87. The number of halogens is 2. The van der Waals surface area contributed by atoms with Crippen LogP contribution in [0.5, 0.6) is 0 Å². The molecule has 0 unspecified atom stereocenters. The van der Waals surface area contributed by atoms with E-state index in [4.69, 9.17) is 11.6 Å². The molecule has 0 aliphatic carbocycles. The van der Waals surface area contributed by atoms with E-state index >= 15 is 0 Å². The van der Waals surface area contributed by atoms with Gasteiger partial charge in [-0.2, -0.15) is 0 Å². The van der Waals surface area contributed by atoms with E-state index in [1.54, 1.807) is 0 Å². The van der Waals surface area contributed by atoms with Crippen LogP contribution in [0.4, 0.5) is 5.69 Å². The van der Waals surface area contributed by atoms with Crippen LogP contribution in [0.25, 0.3) is 5.69 Å².